The molecule has 1 rings (SSSR count). The van der Waals surface area contributed by atoms with Crippen molar-refractivity contribution in [2.24, 2.45) is 10.9 Å². The van der Waals surface area contributed by atoms with Crippen LogP contribution >= 0.6 is 15.9 Å². The maximum atomic E-state index is 12.4. The monoisotopic (exact) mass is 443 g/mol. The number of methoxy groups -OCH3 is 1. The van der Waals surface area contributed by atoms with Crippen LogP contribution in [-0.2, 0) is 16.1 Å². The number of esters is 1. The van der Waals surface area contributed by atoms with Crippen LogP contribution in [0.4, 0.5) is 0 Å². The summed E-state index contributed by atoms with van der Waals surface area (Å²) >= 11 is 3.32. The lowest BCUT2D eigenvalue weighted by atomic mass is 10.0. The second-order valence-electron chi connectivity index (χ2n) is 6.06. The maximum absolute atomic E-state index is 12.4. The number of carbonyl (C=O) groups excluding carboxylic acids is 1. The first kappa shape index (κ1) is 23.1. The number of aliphatic imine (C=N–C) groups is 1. The summed E-state index contributed by atoms with van der Waals surface area (Å²) < 4.78 is 10.8. The van der Waals surface area contributed by atoms with Crippen LogP contribution in [0.3, 0.4) is 0 Å². The molecule has 0 spiro atoms. The van der Waals surface area contributed by atoms with Gasteiger partial charge in [0.2, 0.25) is 0 Å². The van der Waals surface area contributed by atoms with E-state index in [-0.39, 0.29) is 48.4 Å². The van der Waals surface area contributed by atoms with Gasteiger partial charge in [-0.1, -0.05) is 29.8 Å². The van der Waals surface area contributed by atoms with Crippen LogP contribution in [-0.4, -0.2) is 53.9 Å². The van der Waals surface area contributed by atoms with Crippen molar-refractivity contribution in [3.05, 3.63) is 33.3 Å². The topological polar surface area (TPSA) is 109 Å². The van der Waals surface area contributed by atoms with E-state index in [1.165, 1.54) is 13.3 Å². The second kappa shape index (κ2) is 11.1. The molecule has 0 bridgehead atoms. The van der Waals surface area contributed by atoms with E-state index in [2.05, 4.69) is 20.9 Å². The maximum Gasteiger partial charge on any atom is 0.343 e. The molecular formula is C19H26BrNO6. The fourth-order valence-corrected chi connectivity index (χ4v) is 2.70. The first-order valence-corrected chi connectivity index (χ1v) is 9.31. The van der Waals surface area contributed by atoms with Gasteiger partial charge in [-0.2, -0.15) is 0 Å². The molecule has 0 heterocycles. The molecule has 0 saturated carbocycles. The molecule has 0 aromatic heterocycles. The summed E-state index contributed by atoms with van der Waals surface area (Å²) in [7, 11) is 1.42. The third kappa shape index (κ3) is 6.05. The molecule has 0 unspecified atom stereocenters. The Morgan fingerprint density at radius 1 is 1.33 bits per heavy atom. The molecule has 7 nitrogen and oxygen atoms in total. The molecule has 1 atom stereocenters. The summed E-state index contributed by atoms with van der Waals surface area (Å²) in [6.45, 7) is 5.15. The van der Waals surface area contributed by atoms with Gasteiger partial charge in [0.1, 0.15) is 17.1 Å². The molecule has 0 aliphatic rings. The van der Waals surface area contributed by atoms with Crippen molar-refractivity contribution in [3.8, 4) is 5.75 Å². The van der Waals surface area contributed by atoms with E-state index >= 15 is 0 Å². The van der Waals surface area contributed by atoms with Crippen LogP contribution in [0.25, 0.3) is 5.76 Å². The molecule has 0 amide bonds. The zero-order chi connectivity index (χ0) is 20.6. The minimum absolute atomic E-state index is 0.0457. The van der Waals surface area contributed by atoms with Gasteiger partial charge in [0.05, 0.1) is 38.5 Å². The molecule has 150 valence electrons. The molecule has 0 aliphatic carbocycles. The molecule has 8 heteroatoms. The Labute approximate surface area is 167 Å². The predicted molar refractivity (Wildman–Crippen MR) is 107 cm³/mol. The van der Waals surface area contributed by atoms with Crippen LogP contribution < -0.4 is 4.74 Å². The number of rotatable bonds is 9. The Bertz CT molecular complexity index is 714. The number of ether oxygens (including phenoxy) is 2. The average molecular weight is 444 g/mol. The van der Waals surface area contributed by atoms with Gasteiger partial charge in [0.15, 0.2) is 0 Å². The normalized spacial score (nSPS) is 13.6. The lowest BCUT2D eigenvalue weighted by Gasteiger charge is -2.15. The number of hydrogen-bond acceptors (Lipinski definition) is 7. The van der Waals surface area contributed by atoms with Gasteiger partial charge in [0.25, 0.3) is 0 Å². The van der Waals surface area contributed by atoms with E-state index in [0.717, 1.165) is 0 Å². The minimum atomic E-state index is -0.747. The number of nitrogens with zero attached hydrogens (tertiary/aromatic N) is 1. The molecule has 1 aromatic carbocycles. The number of halogens is 1. The molecular weight excluding hydrogens is 418 g/mol. The summed E-state index contributed by atoms with van der Waals surface area (Å²) in [6.07, 6.45) is 1.21. The zero-order valence-corrected chi connectivity index (χ0v) is 17.5. The van der Waals surface area contributed by atoms with E-state index in [9.17, 15) is 20.1 Å². The van der Waals surface area contributed by atoms with Crippen LogP contribution in [0.1, 0.15) is 31.9 Å². The third-order valence-electron chi connectivity index (χ3n) is 3.90. The van der Waals surface area contributed by atoms with Crippen molar-refractivity contribution < 1.29 is 29.6 Å². The molecule has 3 N–H and O–H groups in total. The first-order valence-electron chi connectivity index (χ1n) is 8.52. The van der Waals surface area contributed by atoms with Gasteiger partial charge in [-0.25, -0.2) is 4.79 Å². The molecule has 27 heavy (non-hydrogen) atoms. The number of carbonyl (C=O) groups is 1. The Morgan fingerprint density at radius 2 is 2.00 bits per heavy atom. The van der Waals surface area contributed by atoms with Crippen LogP contribution in [0.15, 0.2) is 27.2 Å². The smallest absolute Gasteiger partial charge is 0.343 e. The number of aliphatic hydroxyl groups is 3. The van der Waals surface area contributed by atoms with E-state index in [1.54, 1.807) is 19.1 Å². The van der Waals surface area contributed by atoms with Crippen molar-refractivity contribution in [2.45, 2.75) is 33.4 Å². The van der Waals surface area contributed by atoms with Gasteiger partial charge in [-0.05, 0) is 30.5 Å². The Hall–Kier alpha value is -1.90. The third-order valence-corrected chi connectivity index (χ3v) is 4.63. The molecule has 0 saturated heterocycles. The predicted octanol–water partition coefficient (Wildman–Crippen LogP) is 2.87. The summed E-state index contributed by atoms with van der Waals surface area (Å²) in [6, 6.07) is 2.67. The van der Waals surface area contributed by atoms with E-state index in [4.69, 9.17) is 9.47 Å². The van der Waals surface area contributed by atoms with E-state index in [1.807, 2.05) is 13.8 Å². The van der Waals surface area contributed by atoms with Gasteiger partial charge in [-0.3, -0.25) is 4.99 Å². The average Bonchev–Trinajstić information content (AvgIpc) is 2.64. The quantitative estimate of drug-likeness (QED) is 0.234. The van der Waals surface area contributed by atoms with Crippen LogP contribution in [0, 0.1) is 5.92 Å². The summed E-state index contributed by atoms with van der Waals surface area (Å²) in [5, 5.41) is 29.6. The van der Waals surface area contributed by atoms with Crippen molar-refractivity contribution in [1.82, 2.24) is 0 Å². The highest BCUT2D eigenvalue weighted by atomic mass is 79.9. The number of hydrogen-bond donors (Lipinski definition) is 3. The lowest BCUT2D eigenvalue weighted by molar-refractivity contribution is -0.137. The fourth-order valence-electron chi connectivity index (χ4n) is 2.24. The van der Waals surface area contributed by atoms with Crippen molar-refractivity contribution in [1.29, 1.82) is 0 Å². The van der Waals surface area contributed by atoms with Gasteiger partial charge in [-0.15, -0.1) is 0 Å². The molecule has 0 fully saturated rings. The van der Waals surface area contributed by atoms with E-state index < -0.39 is 12.0 Å². The first-order chi connectivity index (χ1) is 12.8. The van der Waals surface area contributed by atoms with Gasteiger partial charge >= 0.3 is 5.97 Å². The SMILES string of the molecule is CCOC(=O)C(C=N[C@H](CO)C(C)C)=C(O)c1cc(Br)c(CO)cc1OC. The second-order valence-corrected chi connectivity index (χ2v) is 6.91. The fraction of sp³-hybridized carbons (Fsp3) is 0.474. The lowest BCUT2D eigenvalue weighted by Crippen LogP contribution is -2.19. The van der Waals surface area contributed by atoms with Crippen molar-refractivity contribution in [2.75, 3.05) is 20.3 Å². The number of benzene rings is 1. The summed E-state index contributed by atoms with van der Waals surface area (Å²) in [5.41, 5.74) is 0.647. The highest BCUT2D eigenvalue weighted by molar-refractivity contribution is 9.10. The Morgan fingerprint density at radius 3 is 2.48 bits per heavy atom. The van der Waals surface area contributed by atoms with Crippen molar-refractivity contribution >= 4 is 33.9 Å². The molecule has 0 aliphatic heterocycles. The summed E-state index contributed by atoms with van der Waals surface area (Å²) in [5.74, 6) is -0.801. The van der Waals surface area contributed by atoms with Crippen LogP contribution in [0.2, 0.25) is 0 Å². The Balaban J connectivity index is 3.54. The summed E-state index contributed by atoms with van der Waals surface area (Å²) in [4.78, 5) is 16.6. The largest absolute Gasteiger partial charge is 0.506 e. The molecule has 1 aromatic rings. The molecule has 0 radical (unpaired) electrons. The number of aliphatic hydroxyl groups excluding tert-OH is 3. The van der Waals surface area contributed by atoms with E-state index in [0.29, 0.717) is 10.0 Å². The van der Waals surface area contributed by atoms with Gasteiger partial charge in [0, 0.05) is 10.7 Å². The Kier molecular flexibility index (Phi) is 9.48. The highest BCUT2D eigenvalue weighted by Gasteiger charge is 2.21. The van der Waals surface area contributed by atoms with Crippen molar-refractivity contribution in [3.63, 3.8) is 0 Å². The minimum Gasteiger partial charge on any atom is -0.506 e. The zero-order valence-electron chi connectivity index (χ0n) is 15.9. The highest BCUT2D eigenvalue weighted by Crippen LogP contribution is 2.32. The standard InChI is InChI=1S/C19H26BrNO6/c1-5-27-19(25)14(8-21-16(10-23)11(2)3)18(24)13-7-15(20)12(9-22)6-17(13)26-4/h6-8,11,16,22-24H,5,9-10H2,1-4H3/t16-/m1/s1. The van der Waals surface area contributed by atoms with Gasteiger partial charge < -0.3 is 24.8 Å². The van der Waals surface area contributed by atoms with Crippen LogP contribution in [0.5, 0.6) is 5.75 Å².